The SMILES string of the molecule is CCn1c(SCC(=O)Nc2sc(C(=O)N(C)C)c(C)c2C(=O)OC)nnc1C(C)Oc1cc(C)ccc1Cl. The van der Waals surface area contributed by atoms with Gasteiger partial charge in [0.2, 0.25) is 5.91 Å². The van der Waals surface area contributed by atoms with Crippen LogP contribution in [0.25, 0.3) is 0 Å². The second-order valence-corrected chi connectivity index (χ2v) is 10.9. The zero-order chi connectivity index (χ0) is 28.1. The van der Waals surface area contributed by atoms with E-state index in [0.717, 1.165) is 16.9 Å². The van der Waals surface area contributed by atoms with Gasteiger partial charge in [0, 0.05) is 20.6 Å². The number of thiophene rings is 1. The number of methoxy groups -OCH3 is 1. The molecule has 2 amide bonds. The Kier molecular flexibility index (Phi) is 9.80. The first-order chi connectivity index (χ1) is 18.0. The van der Waals surface area contributed by atoms with Gasteiger partial charge in [0.15, 0.2) is 17.1 Å². The molecule has 13 heteroatoms. The molecule has 38 heavy (non-hydrogen) atoms. The maximum atomic E-state index is 12.9. The lowest BCUT2D eigenvalue weighted by Gasteiger charge is -2.16. The molecule has 0 radical (unpaired) electrons. The standard InChI is InChI=1S/C25H30ClN5O5S2/c1-8-31-21(15(4)36-17-11-13(2)9-10-16(17)26)28-29-25(31)37-12-18(32)27-22-19(24(34)35-7)14(3)20(38-22)23(33)30(5)6/h9-11,15H,8,12H2,1-7H3,(H,27,32). The van der Waals surface area contributed by atoms with Crippen molar-refractivity contribution in [2.45, 2.75) is 45.5 Å². The molecule has 1 unspecified atom stereocenters. The quantitative estimate of drug-likeness (QED) is 0.264. The van der Waals surface area contributed by atoms with E-state index in [0.29, 0.717) is 38.7 Å². The van der Waals surface area contributed by atoms with Crippen molar-refractivity contribution in [1.82, 2.24) is 19.7 Å². The number of ether oxygens (including phenoxy) is 2. The molecule has 10 nitrogen and oxygen atoms in total. The molecule has 0 saturated carbocycles. The fourth-order valence-corrected chi connectivity index (χ4v) is 5.80. The van der Waals surface area contributed by atoms with Crippen LogP contribution < -0.4 is 10.1 Å². The Morgan fingerprint density at radius 3 is 2.58 bits per heavy atom. The summed E-state index contributed by atoms with van der Waals surface area (Å²) in [6.45, 7) is 7.98. The molecular formula is C25H30ClN5O5S2. The normalized spacial score (nSPS) is 11.7. The summed E-state index contributed by atoms with van der Waals surface area (Å²) < 4.78 is 12.8. The number of nitrogens with one attached hydrogen (secondary N) is 1. The first-order valence-corrected chi connectivity index (χ1v) is 13.9. The van der Waals surface area contributed by atoms with Crippen LogP contribution in [0.3, 0.4) is 0 Å². The second-order valence-electron chi connectivity index (χ2n) is 8.57. The highest BCUT2D eigenvalue weighted by atomic mass is 35.5. The van der Waals surface area contributed by atoms with Crippen LogP contribution in [0.1, 0.15) is 56.9 Å². The van der Waals surface area contributed by atoms with Crippen LogP contribution in [0.15, 0.2) is 23.4 Å². The molecule has 3 aromatic rings. The average molecular weight is 580 g/mol. The van der Waals surface area contributed by atoms with Crippen LogP contribution in [0.4, 0.5) is 5.00 Å². The highest BCUT2D eigenvalue weighted by Gasteiger charge is 2.27. The third kappa shape index (κ3) is 6.48. The Labute approximate surface area is 234 Å². The molecule has 0 aliphatic heterocycles. The molecule has 2 heterocycles. The fraction of sp³-hybridized carbons (Fsp3) is 0.400. The van der Waals surface area contributed by atoms with E-state index in [-0.39, 0.29) is 28.1 Å². The average Bonchev–Trinajstić information content (AvgIpc) is 3.44. The molecule has 1 N–H and O–H groups in total. The number of aryl methyl sites for hydroxylation is 1. The number of carbonyl (C=O) groups excluding carboxylic acids is 3. The van der Waals surface area contributed by atoms with Gasteiger partial charge in [-0.2, -0.15) is 0 Å². The lowest BCUT2D eigenvalue weighted by molar-refractivity contribution is -0.113. The van der Waals surface area contributed by atoms with Gasteiger partial charge in [-0.3, -0.25) is 9.59 Å². The summed E-state index contributed by atoms with van der Waals surface area (Å²) in [4.78, 5) is 39.6. The number of anilines is 1. The van der Waals surface area contributed by atoms with E-state index in [1.54, 1.807) is 27.1 Å². The number of esters is 1. The van der Waals surface area contributed by atoms with Gasteiger partial charge in [0.25, 0.3) is 5.91 Å². The number of benzene rings is 1. The molecule has 2 aromatic heterocycles. The van der Waals surface area contributed by atoms with Crippen LogP contribution in [-0.2, 0) is 16.1 Å². The van der Waals surface area contributed by atoms with E-state index in [2.05, 4.69) is 15.5 Å². The number of hydrogen-bond acceptors (Lipinski definition) is 9. The van der Waals surface area contributed by atoms with Crippen molar-refractivity contribution in [3.05, 3.63) is 50.6 Å². The van der Waals surface area contributed by atoms with Crippen LogP contribution in [0.5, 0.6) is 5.75 Å². The largest absolute Gasteiger partial charge is 0.481 e. The highest BCUT2D eigenvalue weighted by Crippen LogP contribution is 2.35. The lowest BCUT2D eigenvalue weighted by Crippen LogP contribution is -2.21. The Morgan fingerprint density at radius 2 is 1.95 bits per heavy atom. The zero-order valence-corrected chi connectivity index (χ0v) is 24.6. The third-order valence-corrected chi connectivity index (χ3v) is 8.01. The van der Waals surface area contributed by atoms with Crippen molar-refractivity contribution in [2.75, 3.05) is 32.3 Å². The number of rotatable bonds is 10. The molecule has 1 aromatic carbocycles. The van der Waals surface area contributed by atoms with Gasteiger partial charge in [-0.1, -0.05) is 29.4 Å². The van der Waals surface area contributed by atoms with Crippen LogP contribution >= 0.6 is 34.7 Å². The van der Waals surface area contributed by atoms with Gasteiger partial charge in [-0.05, 0) is 51.0 Å². The first-order valence-electron chi connectivity index (χ1n) is 11.7. The summed E-state index contributed by atoms with van der Waals surface area (Å²) >= 11 is 8.52. The summed E-state index contributed by atoms with van der Waals surface area (Å²) in [5, 5.41) is 12.6. The van der Waals surface area contributed by atoms with Crippen LogP contribution in [0.2, 0.25) is 5.02 Å². The minimum absolute atomic E-state index is 0.00556. The van der Waals surface area contributed by atoms with E-state index in [1.165, 1.54) is 23.8 Å². The maximum absolute atomic E-state index is 12.9. The van der Waals surface area contributed by atoms with Crippen molar-refractivity contribution < 1.29 is 23.9 Å². The number of carbonyl (C=O) groups is 3. The number of halogens is 1. The van der Waals surface area contributed by atoms with E-state index in [1.807, 2.05) is 37.5 Å². The predicted molar refractivity (Wildman–Crippen MR) is 149 cm³/mol. The Balaban J connectivity index is 1.74. The molecule has 3 rings (SSSR count). The van der Waals surface area contributed by atoms with Crippen molar-refractivity contribution in [2.24, 2.45) is 0 Å². The second kappa shape index (κ2) is 12.6. The summed E-state index contributed by atoms with van der Waals surface area (Å²) in [6.07, 6.45) is -0.436. The molecule has 0 aliphatic carbocycles. The number of amides is 2. The summed E-state index contributed by atoms with van der Waals surface area (Å²) in [6, 6.07) is 5.54. The fourth-order valence-electron chi connectivity index (χ4n) is 3.60. The number of aromatic nitrogens is 3. The van der Waals surface area contributed by atoms with Crippen molar-refractivity contribution in [1.29, 1.82) is 0 Å². The van der Waals surface area contributed by atoms with Crippen LogP contribution in [-0.4, -0.2) is 64.4 Å². The topological polar surface area (TPSA) is 116 Å². The molecule has 0 bridgehead atoms. The summed E-state index contributed by atoms with van der Waals surface area (Å²) in [7, 11) is 4.49. The van der Waals surface area contributed by atoms with Crippen molar-refractivity contribution in [3.8, 4) is 5.75 Å². The molecular weight excluding hydrogens is 550 g/mol. The monoisotopic (exact) mass is 579 g/mol. The molecule has 1 atom stereocenters. The minimum Gasteiger partial charge on any atom is -0.481 e. The zero-order valence-electron chi connectivity index (χ0n) is 22.2. The summed E-state index contributed by atoms with van der Waals surface area (Å²) in [5.74, 6) is -0.101. The highest BCUT2D eigenvalue weighted by molar-refractivity contribution is 7.99. The van der Waals surface area contributed by atoms with Gasteiger partial charge >= 0.3 is 5.97 Å². The molecule has 0 fully saturated rings. The molecule has 0 saturated heterocycles. The van der Waals surface area contributed by atoms with Gasteiger partial charge in [0.05, 0.1) is 28.3 Å². The van der Waals surface area contributed by atoms with E-state index >= 15 is 0 Å². The maximum Gasteiger partial charge on any atom is 0.341 e. The lowest BCUT2D eigenvalue weighted by atomic mass is 10.1. The van der Waals surface area contributed by atoms with Gasteiger partial charge in [0.1, 0.15) is 10.8 Å². The number of nitrogens with zero attached hydrogens (tertiary/aromatic N) is 4. The minimum atomic E-state index is -0.627. The van der Waals surface area contributed by atoms with Gasteiger partial charge in [-0.25, -0.2) is 4.79 Å². The van der Waals surface area contributed by atoms with E-state index < -0.39 is 12.1 Å². The molecule has 0 aliphatic rings. The predicted octanol–water partition coefficient (Wildman–Crippen LogP) is 4.99. The van der Waals surface area contributed by atoms with Crippen LogP contribution in [0, 0.1) is 13.8 Å². The molecule has 204 valence electrons. The number of thioether (sulfide) groups is 1. The van der Waals surface area contributed by atoms with E-state index in [4.69, 9.17) is 21.1 Å². The first kappa shape index (κ1) is 29.5. The van der Waals surface area contributed by atoms with Gasteiger partial charge < -0.3 is 24.3 Å². The third-order valence-electron chi connectivity index (χ3n) is 5.54. The van der Waals surface area contributed by atoms with Crippen molar-refractivity contribution >= 4 is 57.5 Å². The Morgan fingerprint density at radius 1 is 1.24 bits per heavy atom. The Hall–Kier alpha value is -3.09. The van der Waals surface area contributed by atoms with E-state index in [9.17, 15) is 14.4 Å². The van der Waals surface area contributed by atoms with Crippen molar-refractivity contribution in [3.63, 3.8) is 0 Å². The number of hydrogen-bond donors (Lipinski definition) is 1. The summed E-state index contributed by atoms with van der Waals surface area (Å²) in [5.41, 5.74) is 1.65. The molecule has 0 spiro atoms. The van der Waals surface area contributed by atoms with Gasteiger partial charge in [-0.15, -0.1) is 21.5 Å². The Bertz CT molecular complexity index is 1350. The smallest absolute Gasteiger partial charge is 0.341 e.